The minimum absolute atomic E-state index is 0.0504. The minimum Gasteiger partial charge on any atom is -0.381 e. The summed E-state index contributed by atoms with van der Waals surface area (Å²) in [6.07, 6.45) is 7.59. The van der Waals surface area contributed by atoms with Crippen LogP contribution in [0, 0.1) is 5.41 Å². The quantitative estimate of drug-likeness (QED) is 0.907. The molecule has 7 nitrogen and oxygen atoms in total. The molecule has 1 N–H and O–H groups in total. The average Bonchev–Trinajstić information content (AvgIpc) is 3.27. The zero-order chi connectivity index (χ0) is 16.4. The molecule has 132 valence electrons. The number of aromatic nitrogens is 3. The van der Waals surface area contributed by atoms with E-state index in [9.17, 15) is 4.79 Å². The number of amides is 2. The van der Waals surface area contributed by atoms with Crippen molar-refractivity contribution in [2.45, 2.75) is 51.5 Å². The van der Waals surface area contributed by atoms with Gasteiger partial charge >= 0.3 is 6.03 Å². The Morgan fingerprint density at radius 1 is 1.21 bits per heavy atom. The van der Waals surface area contributed by atoms with E-state index in [2.05, 4.69) is 20.1 Å². The fraction of sp³-hybridized carbons (Fsp3) is 0.824. The van der Waals surface area contributed by atoms with Crippen molar-refractivity contribution < 1.29 is 9.53 Å². The van der Waals surface area contributed by atoms with Gasteiger partial charge in [-0.15, -0.1) is 10.2 Å². The third kappa shape index (κ3) is 3.14. The molecule has 7 heteroatoms. The van der Waals surface area contributed by atoms with E-state index in [1.54, 1.807) is 0 Å². The third-order valence-corrected chi connectivity index (χ3v) is 5.72. The number of carbonyl (C=O) groups is 1. The molecule has 1 unspecified atom stereocenters. The van der Waals surface area contributed by atoms with E-state index in [4.69, 9.17) is 4.74 Å². The van der Waals surface area contributed by atoms with Gasteiger partial charge in [-0.3, -0.25) is 0 Å². The number of fused-ring (bicyclic) bond motifs is 1. The monoisotopic (exact) mass is 333 g/mol. The van der Waals surface area contributed by atoms with Crippen molar-refractivity contribution in [2.24, 2.45) is 5.41 Å². The molecule has 2 fully saturated rings. The van der Waals surface area contributed by atoms with E-state index in [0.717, 1.165) is 70.2 Å². The lowest BCUT2D eigenvalue weighted by Crippen LogP contribution is -2.40. The van der Waals surface area contributed by atoms with Crippen molar-refractivity contribution in [3.63, 3.8) is 0 Å². The van der Waals surface area contributed by atoms with Crippen molar-refractivity contribution in [1.29, 1.82) is 0 Å². The van der Waals surface area contributed by atoms with Crippen LogP contribution in [0.5, 0.6) is 0 Å². The highest BCUT2D eigenvalue weighted by Gasteiger charge is 2.42. The highest BCUT2D eigenvalue weighted by atomic mass is 16.5. The summed E-state index contributed by atoms with van der Waals surface area (Å²) in [5.74, 6) is 2.12. The van der Waals surface area contributed by atoms with Gasteiger partial charge in [0.15, 0.2) is 0 Å². The van der Waals surface area contributed by atoms with Gasteiger partial charge in [-0.05, 0) is 25.7 Å². The van der Waals surface area contributed by atoms with Crippen LogP contribution in [-0.2, 0) is 24.1 Å². The number of urea groups is 1. The van der Waals surface area contributed by atoms with Crippen molar-refractivity contribution in [2.75, 3.05) is 32.8 Å². The second-order valence-corrected chi connectivity index (χ2v) is 7.45. The van der Waals surface area contributed by atoms with E-state index in [1.807, 2.05) is 4.90 Å². The maximum absolute atomic E-state index is 12.4. The fourth-order valence-corrected chi connectivity index (χ4v) is 4.20. The Balaban J connectivity index is 1.27. The van der Waals surface area contributed by atoms with E-state index in [-0.39, 0.29) is 11.4 Å². The molecule has 0 saturated carbocycles. The Morgan fingerprint density at radius 2 is 2.17 bits per heavy atom. The summed E-state index contributed by atoms with van der Waals surface area (Å²) in [6, 6.07) is 0.0504. The number of hydrogen-bond donors (Lipinski definition) is 1. The van der Waals surface area contributed by atoms with Gasteiger partial charge in [-0.1, -0.05) is 6.42 Å². The molecule has 1 aromatic rings. The molecular formula is C17H27N5O2. The van der Waals surface area contributed by atoms with Crippen LogP contribution in [0.25, 0.3) is 0 Å². The Hall–Kier alpha value is -1.63. The molecule has 2 saturated heterocycles. The highest BCUT2D eigenvalue weighted by molar-refractivity contribution is 5.74. The molecule has 0 aliphatic carbocycles. The van der Waals surface area contributed by atoms with Crippen LogP contribution in [0.4, 0.5) is 4.79 Å². The number of aryl methyl sites for hydroxylation is 1. The minimum atomic E-state index is 0.0504. The molecule has 0 bridgehead atoms. The molecule has 4 heterocycles. The molecule has 0 aromatic carbocycles. The zero-order valence-electron chi connectivity index (χ0n) is 14.3. The lowest BCUT2D eigenvalue weighted by molar-refractivity contribution is 0.152. The van der Waals surface area contributed by atoms with Crippen LogP contribution in [0.2, 0.25) is 0 Å². The van der Waals surface area contributed by atoms with Crippen LogP contribution in [-0.4, -0.2) is 58.5 Å². The van der Waals surface area contributed by atoms with E-state index < -0.39 is 0 Å². The van der Waals surface area contributed by atoms with Crippen molar-refractivity contribution in [3.8, 4) is 0 Å². The molecular weight excluding hydrogens is 306 g/mol. The lowest BCUT2D eigenvalue weighted by Gasteiger charge is -2.22. The maximum Gasteiger partial charge on any atom is 0.317 e. The second kappa shape index (κ2) is 6.70. The van der Waals surface area contributed by atoms with Crippen LogP contribution < -0.4 is 5.32 Å². The molecule has 3 aliphatic heterocycles. The Morgan fingerprint density at radius 3 is 3.04 bits per heavy atom. The zero-order valence-corrected chi connectivity index (χ0v) is 14.3. The standard InChI is InChI=1S/C17H27N5O2/c23-16(21-10-6-17(12-21)7-11-24-13-17)18-8-5-15-20-19-14-4-2-1-3-9-22(14)15/h1-13H2,(H,18,23). The van der Waals surface area contributed by atoms with Gasteiger partial charge in [0, 0.05) is 51.0 Å². The predicted octanol–water partition coefficient (Wildman–Crippen LogP) is 1.37. The molecule has 3 aliphatic rings. The number of carbonyl (C=O) groups excluding carboxylic acids is 1. The maximum atomic E-state index is 12.4. The summed E-state index contributed by atoms with van der Waals surface area (Å²) in [6.45, 7) is 4.96. The lowest BCUT2D eigenvalue weighted by atomic mass is 9.87. The van der Waals surface area contributed by atoms with Crippen molar-refractivity contribution in [1.82, 2.24) is 25.0 Å². The molecule has 1 atom stereocenters. The molecule has 1 aromatic heterocycles. The summed E-state index contributed by atoms with van der Waals surface area (Å²) in [7, 11) is 0. The molecule has 0 radical (unpaired) electrons. The largest absolute Gasteiger partial charge is 0.381 e. The number of nitrogens with one attached hydrogen (secondary N) is 1. The summed E-state index contributed by atoms with van der Waals surface area (Å²) in [4.78, 5) is 14.3. The van der Waals surface area contributed by atoms with Crippen LogP contribution in [0.3, 0.4) is 0 Å². The van der Waals surface area contributed by atoms with Crippen molar-refractivity contribution in [3.05, 3.63) is 11.6 Å². The molecule has 4 rings (SSSR count). The molecule has 1 spiro atoms. The summed E-state index contributed by atoms with van der Waals surface area (Å²) < 4.78 is 7.78. The first kappa shape index (κ1) is 15.9. The average molecular weight is 333 g/mol. The van der Waals surface area contributed by atoms with Crippen LogP contribution >= 0.6 is 0 Å². The summed E-state index contributed by atoms with van der Waals surface area (Å²) >= 11 is 0. The number of hydrogen-bond acceptors (Lipinski definition) is 4. The van der Waals surface area contributed by atoms with Crippen LogP contribution in [0.1, 0.15) is 43.8 Å². The van der Waals surface area contributed by atoms with E-state index in [0.29, 0.717) is 6.54 Å². The second-order valence-electron chi connectivity index (χ2n) is 7.45. The Kier molecular flexibility index (Phi) is 4.43. The summed E-state index contributed by atoms with van der Waals surface area (Å²) in [5.41, 5.74) is 0.224. The number of rotatable bonds is 3. The summed E-state index contributed by atoms with van der Waals surface area (Å²) in [5, 5.41) is 11.7. The Bertz CT molecular complexity index is 594. The van der Waals surface area contributed by atoms with Gasteiger partial charge in [0.05, 0.1) is 6.61 Å². The van der Waals surface area contributed by atoms with Gasteiger partial charge < -0.3 is 19.5 Å². The first-order valence-electron chi connectivity index (χ1n) is 9.27. The number of ether oxygens (including phenoxy) is 1. The highest BCUT2D eigenvalue weighted by Crippen LogP contribution is 2.38. The predicted molar refractivity (Wildman–Crippen MR) is 88.7 cm³/mol. The van der Waals surface area contributed by atoms with E-state index >= 15 is 0 Å². The Labute approximate surface area is 142 Å². The van der Waals surface area contributed by atoms with E-state index in [1.165, 1.54) is 19.3 Å². The number of likely N-dealkylation sites (tertiary alicyclic amines) is 1. The van der Waals surface area contributed by atoms with Crippen molar-refractivity contribution >= 4 is 6.03 Å². The fourth-order valence-electron chi connectivity index (χ4n) is 4.20. The third-order valence-electron chi connectivity index (χ3n) is 5.72. The topological polar surface area (TPSA) is 72.3 Å². The molecule has 24 heavy (non-hydrogen) atoms. The smallest absolute Gasteiger partial charge is 0.317 e. The van der Waals surface area contributed by atoms with Gasteiger partial charge in [-0.2, -0.15) is 0 Å². The van der Waals surface area contributed by atoms with Crippen LogP contribution in [0.15, 0.2) is 0 Å². The van der Waals surface area contributed by atoms with Gasteiger partial charge in [0.2, 0.25) is 0 Å². The first-order chi connectivity index (χ1) is 11.8. The first-order valence-corrected chi connectivity index (χ1v) is 9.27. The normalized spacial score (nSPS) is 26.6. The molecule has 2 amide bonds. The van der Waals surface area contributed by atoms with Gasteiger partial charge in [0.25, 0.3) is 0 Å². The SMILES string of the molecule is O=C(NCCc1nnc2n1CCCCC2)N1CCC2(CCOC2)C1. The van der Waals surface area contributed by atoms with Gasteiger partial charge in [-0.25, -0.2) is 4.79 Å². The number of nitrogens with zero attached hydrogens (tertiary/aromatic N) is 4. The van der Waals surface area contributed by atoms with Gasteiger partial charge in [0.1, 0.15) is 11.6 Å².